The summed E-state index contributed by atoms with van der Waals surface area (Å²) in [7, 11) is 0. The van der Waals surface area contributed by atoms with Crippen LogP contribution in [0.2, 0.25) is 0 Å². The van der Waals surface area contributed by atoms with E-state index >= 15 is 0 Å². The third kappa shape index (κ3) is 2.01. The first kappa shape index (κ1) is 12.0. The fourth-order valence-electron chi connectivity index (χ4n) is 1.37. The van der Waals surface area contributed by atoms with Crippen molar-refractivity contribution in [3.63, 3.8) is 0 Å². The van der Waals surface area contributed by atoms with Gasteiger partial charge >= 0.3 is 6.18 Å². The molecule has 0 saturated heterocycles. The van der Waals surface area contributed by atoms with Crippen molar-refractivity contribution >= 4 is 16.6 Å². The summed E-state index contributed by atoms with van der Waals surface area (Å²) in [5.41, 5.74) is -1.72. The van der Waals surface area contributed by atoms with Crippen molar-refractivity contribution in [1.82, 2.24) is 9.97 Å². The molecule has 0 amide bonds. The average molecular weight is 259 g/mol. The molecule has 0 unspecified atom stereocenters. The highest BCUT2D eigenvalue weighted by atomic mass is 19.4. The number of nitro benzene ring substituents is 1. The number of hydrogen-bond acceptors (Lipinski definition) is 4. The Bertz CT molecular complexity index is 693. The quantitative estimate of drug-likeness (QED) is 0.625. The lowest BCUT2D eigenvalue weighted by molar-refractivity contribution is -0.384. The fourth-order valence-corrected chi connectivity index (χ4v) is 1.37. The van der Waals surface area contributed by atoms with Gasteiger partial charge in [0.1, 0.15) is 0 Å². The minimum Gasteiger partial charge on any atom is -0.302 e. The maximum absolute atomic E-state index is 12.4. The Balaban J connectivity index is 2.74. The molecule has 94 valence electrons. The van der Waals surface area contributed by atoms with E-state index in [1.54, 1.807) is 4.98 Å². The zero-order valence-corrected chi connectivity index (χ0v) is 8.49. The van der Waals surface area contributed by atoms with Gasteiger partial charge in [-0.1, -0.05) is 0 Å². The molecule has 0 aliphatic heterocycles. The van der Waals surface area contributed by atoms with E-state index in [2.05, 4.69) is 4.98 Å². The number of nitro groups is 1. The van der Waals surface area contributed by atoms with Gasteiger partial charge in [-0.2, -0.15) is 13.2 Å². The van der Waals surface area contributed by atoms with Gasteiger partial charge in [-0.05, 0) is 6.07 Å². The number of non-ortho nitro benzene ring substituents is 1. The number of fused-ring (bicyclic) bond motifs is 1. The average Bonchev–Trinajstić information content (AvgIpc) is 2.27. The maximum Gasteiger partial charge on any atom is 0.449 e. The third-order valence-corrected chi connectivity index (χ3v) is 2.17. The largest absolute Gasteiger partial charge is 0.449 e. The predicted molar refractivity (Wildman–Crippen MR) is 54.0 cm³/mol. The van der Waals surface area contributed by atoms with Crippen molar-refractivity contribution < 1.29 is 18.1 Å². The number of H-pyrrole nitrogens is 1. The highest BCUT2D eigenvalue weighted by molar-refractivity contribution is 5.80. The first-order valence-corrected chi connectivity index (χ1v) is 4.55. The first-order chi connectivity index (χ1) is 8.29. The van der Waals surface area contributed by atoms with E-state index in [1.807, 2.05) is 0 Å². The number of rotatable bonds is 1. The van der Waals surface area contributed by atoms with E-state index in [1.165, 1.54) is 0 Å². The van der Waals surface area contributed by atoms with Gasteiger partial charge in [0.2, 0.25) is 5.82 Å². The number of nitrogens with one attached hydrogen (secondary N) is 1. The van der Waals surface area contributed by atoms with Crippen LogP contribution in [0.5, 0.6) is 0 Å². The molecule has 0 aliphatic carbocycles. The molecule has 0 aliphatic rings. The fraction of sp³-hybridized carbons (Fsp3) is 0.111. The minimum atomic E-state index is -4.78. The molecular formula is C9H4F3N3O3. The van der Waals surface area contributed by atoms with Gasteiger partial charge in [0, 0.05) is 12.1 Å². The van der Waals surface area contributed by atoms with Gasteiger partial charge in [-0.25, -0.2) is 4.98 Å². The summed E-state index contributed by atoms with van der Waals surface area (Å²) in [5.74, 6) is -1.44. The molecule has 1 N–H and O–H groups in total. The van der Waals surface area contributed by atoms with Gasteiger partial charge < -0.3 is 4.98 Å². The minimum absolute atomic E-state index is 0.253. The normalized spacial score (nSPS) is 11.7. The van der Waals surface area contributed by atoms with Crippen LogP contribution >= 0.6 is 0 Å². The number of aromatic nitrogens is 2. The van der Waals surface area contributed by atoms with E-state index in [0.717, 1.165) is 18.2 Å². The molecule has 0 fully saturated rings. The Morgan fingerprint density at radius 1 is 1.33 bits per heavy atom. The molecule has 1 aromatic carbocycles. The molecule has 1 aromatic heterocycles. The zero-order chi connectivity index (χ0) is 13.5. The molecule has 2 rings (SSSR count). The SMILES string of the molecule is O=c1[nH]c(C(F)(F)F)nc2ccc([N+](=O)[O-])cc12. The zero-order valence-electron chi connectivity index (χ0n) is 8.49. The van der Waals surface area contributed by atoms with Crippen molar-refractivity contribution in [1.29, 1.82) is 0 Å². The van der Waals surface area contributed by atoms with Crippen LogP contribution in [0.1, 0.15) is 5.82 Å². The number of nitrogens with zero attached hydrogens (tertiary/aromatic N) is 2. The van der Waals surface area contributed by atoms with Gasteiger partial charge in [0.25, 0.3) is 11.2 Å². The summed E-state index contributed by atoms with van der Waals surface area (Å²) in [6.45, 7) is 0. The molecule has 0 bridgehead atoms. The number of benzene rings is 1. The van der Waals surface area contributed by atoms with Gasteiger partial charge in [0.15, 0.2) is 0 Å². The summed E-state index contributed by atoms with van der Waals surface area (Å²) in [6, 6.07) is 2.86. The van der Waals surface area contributed by atoms with Crippen LogP contribution in [-0.2, 0) is 6.18 Å². The van der Waals surface area contributed by atoms with Crippen LogP contribution < -0.4 is 5.56 Å². The second-order valence-corrected chi connectivity index (χ2v) is 3.37. The number of hydrogen-bond donors (Lipinski definition) is 1. The Morgan fingerprint density at radius 3 is 2.56 bits per heavy atom. The topological polar surface area (TPSA) is 88.9 Å². The second kappa shape index (κ2) is 3.79. The van der Waals surface area contributed by atoms with E-state index in [-0.39, 0.29) is 10.9 Å². The number of alkyl halides is 3. The lowest BCUT2D eigenvalue weighted by Crippen LogP contribution is -2.19. The van der Waals surface area contributed by atoms with E-state index < -0.39 is 28.2 Å². The Kier molecular flexibility index (Phi) is 2.53. The third-order valence-electron chi connectivity index (χ3n) is 2.17. The van der Waals surface area contributed by atoms with Crippen molar-refractivity contribution in [2.45, 2.75) is 6.18 Å². The number of halogens is 3. The summed E-state index contributed by atoms with van der Waals surface area (Å²) < 4.78 is 37.1. The molecular weight excluding hydrogens is 255 g/mol. The standard InChI is InChI=1S/C9H4F3N3O3/c10-9(11,12)8-13-6-2-1-4(15(17)18)3-5(6)7(16)14-8/h1-3H,(H,13,14,16). The predicted octanol–water partition coefficient (Wildman–Crippen LogP) is 1.85. The molecule has 1 heterocycles. The Morgan fingerprint density at radius 2 is 2.00 bits per heavy atom. The van der Waals surface area contributed by atoms with E-state index in [4.69, 9.17) is 0 Å². The lowest BCUT2D eigenvalue weighted by Gasteiger charge is -2.05. The molecule has 0 spiro atoms. The van der Waals surface area contributed by atoms with E-state index in [9.17, 15) is 28.1 Å². The summed E-state index contributed by atoms with van der Waals surface area (Å²) in [5, 5.41) is 10.2. The molecule has 9 heteroatoms. The maximum atomic E-state index is 12.4. The monoisotopic (exact) mass is 259 g/mol. The smallest absolute Gasteiger partial charge is 0.302 e. The van der Waals surface area contributed by atoms with Crippen molar-refractivity contribution in [2.75, 3.05) is 0 Å². The first-order valence-electron chi connectivity index (χ1n) is 4.55. The second-order valence-electron chi connectivity index (χ2n) is 3.37. The van der Waals surface area contributed by atoms with E-state index in [0.29, 0.717) is 0 Å². The summed E-state index contributed by atoms with van der Waals surface area (Å²) in [6.07, 6.45) is -4.78. The molecule has 0 saturated carbocycles. The van der Waals surface area contributed by atoms with Crippen LogP contribution in [0.15, 0.2) is 23.0 Å². The molecule has 0 atom stereocenters. The van der Waals surface area contributed by atoms with Crippen LogP contribution in [0.25, 0.3) is 10.9 Å². The Labute approximate surface area is 96.2 Å². The number of aromatic amines is 1. The highest BCUT2D eigenvalue weighted by Gasteiger charge is 2.34. The van der Waals surface area contributed by atoms with Crippen LogP contribution in [-0.4, -0.2) is 14.9 Å². The van der Waals surface area contributed by atoms with Crippen LogP contribution in [0, 0.1) is 10.1 Å². The summed E-state index contributed by atoms with van der Waals surface area (Å²) in [4.78, 5) is 25.9. The van der Waals surface area contributed by atoms with Gasteiger partial charge in [-0.15, -0.1) is 0 Å². The highest BCUT2D eigenvalue weighted by Crippen LogP contribution is 2.26. The lowest BCUT2D eigenvalue weighted by atomic mass is 10.2. The molecule has 2 aromatic rings. The Hall–Kier alpha value is -2.45. The molecule has 0 radical (unpaired) electrons. The van der Waals surface area contributed by atoms with Gasteiger partial charge in [0.05, 0.1) is 15.8 Å². The van der Waals surface area contributed by atoms with Crippen molar-refractivity contribution in [3.8, 4) is 0 Å². The van der Waals surface area contributed by atoms with Crippen molar-refractivity contribution in [3.05, 3.63) is 44.5 Å². The molecule has 18 heavy (non-hydrogen) atoms. The van der Waals surface area contributed by atoms with Crippen LogP contribution in [0.4, 0.5) is 18.9 Å². The molecule has 6 nitrogen and oxygen atoms in total. The summed E-state index contributed by atoms with van der Waals surface area (Å²) >= 11 is 0. The van der Waals surface area contributed by atoms with Crippen LogP contribution in [0.3, 0.4) is 0 Å². The van der Waals surface area contributed by atoms with Gasteiger partial charge in [-0.3, -0.25) is 14.9 Å². The van der Waals surface area contributed by atoms with Crippen molar-refractivity contribution in [2.24, 2.45) is 0 Å².